The average molecular weight is 400 g/mol. The lowest BCUT2D eigenvalue weighted by atomic mass is 10.2. The fourth-order valence-electron chi connectivity index (χ4n) is 2.54. The van der Waals surface area contributed by atoms with Gasteiger partial charge in [-0.3, -0.25) is 4.79 Å². The number of anilines is 2. The van der Waals surface area contributed by atoms with Gasteiger partial charge >= 0.3 is 12.1 Å². The topological polar surface area (TPSA) is 55.8 Å². The molecule has 1 fully saturated rings. The Balaban J connectivity index is 2.06. The highest BCUT2D eigenvalue weighted by Crippen LogP contribution is 2.30. The van der Waals surface area contributed by atoms with Gasteiger partial charge in [-0.25, -0.2) is 0 Å². The van der Waals surface area contributed by atoms with Crippen LogP contribution in [0.5, 0.6) is 0 Å². The van der Waals surface area contributed by atoms with Gasteiger partial charge in [0.2, 0.25) is 0 Å². The Hall–Kier alpha value is -1.38. The minimum Gasteiger partial charge on any atom is -0.390 e. The average Bonchev–Trinajstić information content (AvgIpc) is 2.58. The van der Waals surface area contributed by atoms with Crippen molar-refractivity contribution < 1.29 is 23.1 Å². The van der Waals surface area contributed by atoms with Crippen molar-refractivity contribution in [3.8, 4) is 0 Å². The third-order valence-corrected chi connectivity index (χ3v) is 4.41. The molecule has 1 amide bonds. The van der Waals surface area contributed by atoms with Crippen molar-refractivity contribution in [1.29, 1.82) is 0 Å². The van der Waals surface area contributed by atoms with Gasteiger partial charge in [-0.2, -0.15) is 13.2 Å². The smallest absolute Gasteiger partial charge is 0.390 e. The summed E-state index contributed by atoms with van der Waals surface area (Å²) < 4.78 is 37.5. The first-order valence-electron chi connectivity index (χ1n) is 7.61. The number of carbonyl (C=O) groups is 1. The Morgan fingerprint density at radius 2 is 1.92 bits per heavy atom. The van der Waals surface area contributed by atoms with Crippen LogP contribution in [0.2, 0.25) is 5.02 Å². The monoisotopic (exact) mass is 399 g/mol. The van der Waals surface area contributed by atoms with Crippen LogP contribution >= 0.6 is 23.2 Å². The summed E-state index contributed by atoms with van der Waals surface area (Å²) in [5, 5.41) is 13.1. The largest absolute Gasteiger partial charge is 0.471 e. The van der Waals surface area contributed by atoms with E-state index in [2.05, 4.69) is 5.32 Å². The third kappa shape index (κ3) is 5.29. The van der Waals surface area contributed by atoms with Gasteiger partial charge in [0.25, 0.3) is 0 Å². The molecule has 1 heterocycles. The van der Waals surface area contributed by atoms with Crippen LogP contribution in [0.15, 0.2) is 18.2 Å². The number of aliphatic hydroxyl groups is 1. The fraction of sp³-hybridized carbons (Fsp3) is 0.533. The van der Waals surface area contributed by atoms with E-state index in [0.29, 0.717) is 10.7 Å². The minimum absolute atomic E-state index is 0.0231. The van der Waals surface area contributed by atoms with Gasteiger partial charge < -0.3 is 20.2 Å². The summed E-state index contributed by atoms with van der Waals surface area (Å²) in [5.74, 6) is -1.74. The summed E-state index contributed by atoms with van der Waals surface area (Å²) in [6.45, 7) is 0.686. The molecule has 1 aliphatic heterocycles. The van der Waals surface area contributed by atoms with E-state index in [4.69, 9.17) is 23.2 Å². The van der Waals surface area contributed by atoms with Crippen LogP contribution in [0.4, 0.5) is 24.5 Å². The van der Waals surface area contributed by atoms with Crippen LogP contribution in [-0.4, -0.2) is 66.8 Å². The number of hydrogen-bond acceptors (Lipinski definition) is 4. The number of rotatable bonds is 5. The zero-order valence-electron chi connectivity index (χ0n) is 13.2. The maximum Gasteiger partial charge on any atom is 0.471 e. The van der Waals surface area contributed by atoms with E-state index in [9.17, 15) is 23.1 Å². The second kappa shape index (κ2) is 8.33. The van der Waals surface area contributed by atoms with Gasteiger partial charge in [0.1, 0.15) is 0 Å². The summed E-state index contributed by atoms with van der Waals surface area (Å²) in [6.07, 6.45) is -5.60. The molecule has 0 bridgehead atoms. The van der Waals surface area contributed by atoms with E-state index in [1.54, 1.807) is 18.2 Å². The molecule has 0 aromatic heterocycles. The number of halogens is 5. The highest BCUT2D eigenvalue weighted by atomic mass is 35.5. The van der Waals surface area contributed by atoms with Crippen LogP contribution in [0.25, 0.3) is 0 Å². The molecular formula is C15H18Cl2F3N3O2. The Labute approximate surface area is 153 Å². The SMILES string of the molecule is O=C(N1CCN(c2ccc(Cl)cc2NCC(O)CCl)CC1)C(F)(F)F. The molecule has 0 spiro atoms. The fourth-order valence-corrected chi connectivity index (χ4v) is 2.82. The van der Waals surface area contributed by atoms with Crippen molar-refractivity contribution in [3.63, 3.8) is 0 Å². The number of amides is 1. The molecule has 1 atom stereocenters. The van der Waals surface area contributed by atoms with Gasteiger partial charge in [0, 0.05) is 37.7 Å². The predicted molar refractivity (Wildman–Crippen MR) is 91.5 cm³/mol. The molecule has 0 radical (unpaired) electrons. The zero-order chi connectivity index (χ0) is 18.6. The van der Waals surface area contributed by atoms with E-state index in [1.165, 1.54) is 0 Å². The molecule has 25 heavy (non-hydrogen) atoms. The van der Waals surface area contributed by atoms with Crippen molar-refractivity contribution >= 4 is 40.5 Å². The Morgan fingerprint density at radius 1 is 1.28 bits per heavy atom. The van der Waals surface area contributed by atoms with Gasteiger partial charge in [-0.15, -0.1) is 11.6 Å². The molecule has 0 saturated carbocycles. The maximum absolute atomic E-state index is 12.5. The van der Waals surface area contributed by atoms with Gasteiger partial charge in [0.05, 0.1) is 23.4 Å². The quantitative estimate of drug-likeness (QED) is 0.747. The second-order valence-electron chi connectivity index (χ2n) is 5.63. The molecule has 10 heteroatoms. The molecule has 1 aromatic carbocycles. The van der Waals surface area contributed by atoms with Crippen LogP contribution < -0.4 is 10.2 Å². The van der Waals surface area contributed by atoms with Crippen LogP contribution in [0.1, 0.15) is 0 Å². The minimum atomic E-state index is -4.85. The van der Waals surface area contributed by atoms with E-state index < -0.39 is 18.2 Å². The Bertz CT molecular complexity index is 608. The Morgan fingerprint density at radius 3 is 2.48 bits per heavy atom. The van der Waals surface area contributed by atoms with Crippen molar-refractivity contribution in [2.24, 2.45) is 0 Å². The van der Waals surface area contributed by atoms with Crippen molar-refractivity contribution in [3.05, 3.63) is 23.2 Å². The number of aliphatic hydroxyl groups excluding tert-OH is 1. The number of hydrogen-bond donors (Lipinski definition) is 2. The molecule has 1 aliphatic rings. The summed E-state index contributed by atoms with van der Waals surface area (Å²) in [5.41, 5.74) is 1.39. The first-order valence-corrected chi connectivity index (χ1v) is 8.52. The Kier molecular flexibility index (Phi) is 6.65. The molecule has 1 unspecified atom stereocenters. The van der Waals surface area contributed by atoms with Gasteiger partial charge in [-0.05, 0) is 18.2 Å². The first-order chi connectivity index (χ1) is 11.7. The third-order valence-electron chi connectivity index (χ3n) is 3.81. The van der Waals surface area contributed by atoms with Crippen molar-refractivity contribution in [1.82, 2.24) is 4.90 Å². The zero-order valence-corrected chi connectivity index (χ0v) is 14.7. The van der Waals surface area contributed by atoms with Gasteiger partial charge in [0.15, 0.2) is 0 Å². The highest BCUT2D eigenvalue weighted by molar-refractivity contribution is 6.31. The first kappa shape index (κ1) is 19.9. The lowest BCUT2D eigenvalue weighted by Crippen LogP contribution is -2.52. The molecule has 1 saturated heterocycles. The van der Waals surface area contributed by atoms with E-state index in [1.807, 2.05) is 4.90 Å². The van der Waals surface area contributed by atoms with E-state index in [0.717, 1.165) is 10.6 Å². The number of carbonyl (C=O) groups excluding carboxylic acids is 1. The van der Waals surface area contributed by atoms with Gasteiger partial charge in [-0.1, -0.05) is 11.6 Å². The number of nitrogens with zero attached hydrogens (tertiary/aromatic N) is 2. The lowest BCUT2D eigenvalue weighted by molar-refractivity contribution is -0.185. The number of piperazine rings is 1. The normalized spacial score (nSPS) is 16.7. The number of alkyl halides is 4. The summed E-state index contributed by atoms with van der Waals surface area (Å²) in [6, 6.07) is 5.09. The summed E-state index contributed by atoms with van der Waals surface area (Å²) in [4.78, 5) is 14.0. The molecule has 5 nitrogen and oxygen atoms in total. The maximum atomic E-state index is 12.5. The number of benzene rings is 1. The van der Waals surface area contributed by atoms with E-state index in [-0.39, 0.29) is 38.6 Å². The standard InChI is InChI=1S/C15H18Cl2F3N3O2/c16-8-11(24)9-21-12-7-10(17)1-2-13(12)22-3-5-23(6-4-22)14(25)15(18,19)20/h1-2,7,11,21,24H,3-6,8-9H2. The summed E-state index contributed by atoms with van der Waals surface area (Å²) in [7, 11) is 0. The summed E-state index contributed by atoms with van der Waals surface area (Å²) >= 11 is 11.6. The predicted octanol–water partition coefficient (Wildman–Crippen LogP) is 2.56. The number of nitrogens with one attached hydrogen (secondary N) is 1. The van der Waals surface area contributed by atoms with Crippen LogP contribution in [-0.2, 0) is 4.79 Å². The van der Waals surface area contributed by atoms with Crippen LogP contribution in [0.3, 0.4) is 0 Å². The molecule has 0 aliphatic carbocycles. The lowest BCUT2D eigenvalue weighted by Gasteiger charge is -2.37. The van der Waals surface area contributed by atoms with Crippen molar-refractivity contribution in [2.45, 2.75) is 12.3 Å². The molecule has 2 N–H and O–H groups in total. The molecule has 2 rings (SSSR count). The molecule has 1 aromatic rings. The van der Waals surface area contributed by atoms with Crippen LogP contribution in [0, 0.1) is 0 Å². The van der Waals surface area contributed by atoms with Crippen molar-refractivity contribution in [2.75, 3.05) is 48.8 Å². The highest BCUT2D eigenvalue weighted by Gasteiger charge is 2.43. The van der Waals surface area contributed by atoms with E-state index >= 15 is 0 Å². The molecule has 140 valence electrons. The molecular weight excluding hydrogens is 382 g/mol. The second-order valence-corrected chi connectivity index (χ2v) is 6.37.